The quantitative estimate of drug-likeness (QED) is 0.934. The summed E-state index contributed by atoms with van der Waals surface area (Å²) in [5, 5.41) is 4.58. The molecule has 1 amide bonds. The molecule has 2 fully saturated rings. The van der Waals surface area contributed by atoms with Crippen LogP contribution in [0.1, 0.15) is 0 Å². The summed E-state index contributed by atoms with van der Waals surface area (Å²) in [5.41, 5.74) is 0. The molecule has 0 radical (unpaired) electrons. The molecule has 1 aromatic heterocycles. The Morgan fingerprint density at radius 3 is 2.95 bits per heavy atom. The molecule has 1 unspecified atom stereocenters. The normalized spacial score (nSPS) is 29.1. The second-order valence-electron chi connectivity index (χ2n) is 5.68. The number of methoxy groups -OCH3 is 1. The Hall–Kier alpha value is -2.37. The molecule has 0 spiro atoms. The lowest BCUT2D eigenvalue weighted by atomic mass is 10.1. The number of piperidine rings is 1. The van der Waals surface area contributed by atoms with E-state index in [4.69, 9.17) is 9.47 Å². The van der Waals surface area contributed by atoms with E-state index in [2.05, 4.69) is 10.3 Å². The largest absolute Gasteiger partial charge is 0.497 e. The molecule has 2 aromatic rings. The first kappa shape index (κ1) is 13.3. The number of rotatable bonds is 4. The number of pyridine rings is 1. The maximum atomic E-state index is 13.5. The van der Waals surface area contributed by atoms with Gasteiger partial charge in [0.05, 0.1) is 19.1 Å². The lowest BCUT2D eigenvalue weighted by Crippen LogP contribution is -2.37. The van der Waals surface area contributed by atoms with Crippen molar-refractivity contribution in [1.29, 1.82) is 0 Å². The fourth-order valence-corrected chi connectivity index (χ4v) is 3.15. The molecule has 1 aromatic carbocycles. The van der Waals surface area contributed by atoms with Crippen molar-refractivity contribution < 1.29 is 18.7 Å². The van der Waals surface area contributed by atoms with Crippen LogP contribution in [-0.4, -0.2) is 36.8 Å². The third-order valence-corrected chi connectivity index (χ3v) is 4.42. The minimum atomic E-state index is -1.03. The van der Waals surface area contributed by atoms with Gasteiger partial charge in [0.1, 0.15) is 18.5 Å². The molecule has 4 rings (SSSR count). The number of amides is 1. The van der Waals surface area contributed by atoms with E-state index in [0.717, 1.165) is 10.8 Å². The summed E-state index contributed by atoms with van der Waals surface area (Å²) in [6.45, 7) is 0.219. The Kier molecular flexibility index (Phi) is 2.92. The fourth-order valence-electron chi connectivity index (χ4n) is 3.15. The summed E-state index contributed by atoms with van der Waals surface area (Å²) in [6, 6.07) is 7.24. The summed E-state index contributed by atoms with van der Waals surface area (Å²) in [4.78, 5) is 15.7. The zero-order valence-corrected chi connectivity index (χ0v) is 12.0. The molecular weight excluding hydrogens is 287 g/mol. The number of carbonyl (C=O) groups is 1. The van der Waals surface area contributed by atoms with E-state index >= 15 is 0 Å². The third-order valence-electron chi connectivity index (χ3n) is 4.42. The number of hydrogen-bond acceptors (Lipinski definition) is 4. The molecule has 4 atom stereocenters. The predicted molar refractivity (Wildman–Crippen MR) is 77.6 cm³/mol. The van der Waals surface area contributed by atoms with Crippen LogP contribution < -0.4 is 14.8 Å². The van der Waals surface area contributed by atoms with Gasteiger partial charge in [0, 0.05) is 17.5 Å². The standard InChI is InChI=1S/C16H15FN2O3/c1-21-9-3-2-8-4-5-18-16(10(8)6-9)22-7-11-12-13(14(12)17)15(20)19-11/h2-6,11-14H,7H2,1H3,(H,19,20)/t11-,12-,13+,14?/m1/s1. The Balaban J connectivity index is 1.55. The van der Waals surface area contributed by atoms with Crippen LogP contribution in [0.2, 0.25) is 0 Å². The number of benzene rings is 1. The second-order valence-corrected chi connectivity index (χ2v) is 5.68. The molecule has 2 heterocycles. The molecule has 114 valence electrons. The third kappa shape index (κ3) is 1.98. The van der Waals surface area contributed by atoms with Crippen molar-refractivity contribution in [3.63, 3.8) is 0 Å². The molecule has 1 N–H and O–H groups in total. The molecule has 5 nitrogen and oxygen atoms in total. The zero-order valence-electron chi connectivity index (χ0n) is 12.0. The Bertz CT molecular complexity index is 751. The topological polar surface area (TPSA) is 60.5 Å². The van der Waals surface area contributed by atoms with Crippen LogP contribution in [0, 0.1) is 11.8 Å². The highest BCUT2D eigenvalue weighted by molar-refractivity contribution is 5.88. The van der Waals surface area contributed by atoms with Crippen LogP contribution in [-0.2, 0) is 4.79 Å². The summed E-state index contributed by atoms with van der Waals surface area (Å²) in [6.07, 6.45) is 0.637. The van der Waals surface area contributed by atoms with Gasteiger partial charge in [0.25, 0.3) is 0 Å². The van der Waals surface area contributed by atoms with Crippen molar-refractivity contribution in [2.45, 2.75) is 12.2 Å². The lowest BCUT2D eigenvalue weighted by molar-refractivity contribution is -0.121. The first-order valence-corrected chi connectivity index (χ1v) is 7.19. The number of aromatic nitrogens is 1. The van der Waals surface area contributed by atoms with Crippen LogP contribution in [0.15, 0.2) is 30.5 Å². The molecule has 6 heteroatoms. The average Bonchev–Trinajstić information content (AvgIpc) is 3.08. The molecule has 1 saturated carbocycles. The van der Waals surface area contributed by atoms with Crippen molar-refractivity contribution >= 4 is 16.7 Å². The van der Waals surface area contributed by atoms with Gasteiger partial charge in [-0.25, -0.2) is 9.37 Å². The van der Waals surface area contributed by atoms with Crippen molar-refractivity contribution in [2.75, 3.05) is 13.7 Å². The van der Waals surface area contributed by atoms with E-state index < -0.39 is 12.1 Å². The SMILES string of the molecule is COc1ccc2ccnc(OC[C@H]3NC(=O)[C@@H]4C(F)[C@@H]43)c2c1. The number of halogens is 1. The van der Waals surface area contributed by atoms with Gasteiger partial charge < -0.3 is 14.8 Å². The Morgan fingerprint density at radius 2 is 2.23 bits per heavy atom. The van der Waals surface area contributed by atoms with Crippen LogP contribution in [0.3, 0.4) is 0 Å². The summed E-state index contributed by atoms with van der Waals surface area (Å²) in [5.74, 6) is 0.237. The maximum Gasteiger partial charge on any atom is 0.226 e. The highest BCUT2D eigenvalue weighted by Crippen LogP contribution is 2.48. The molecule has 1 aliphatic heterocycles. The van der Waals surface area contributed by atoms with Crippen LogP contribution in [0.5, 0.6) is 11.6 Å². The summed E-state index contributed by atoms with van der Waals surface area (Å²) >= 11 is 0. The molecule has 0 bridgehead atoms. The molecule has 2 aliphatic rings. The van der Waals surface area contributed by atoms with Gasteiger partial charge in [-0.05, 0) is 23.6 Å². The maximum absolute atomic E-state index is 13.5. The van der Waals surface area contributed by atoms with E-state index in [1.165, 1.54) is 0 Å². The van der Waals surface area contributed by atoms with Gasteiger partial charge in [0.2, 0.25) is 11.8 Å². The first-order chi connectivity index (χ1) is 10.7. The van der Waals surface area contributed by atoms with Gasteiger partial charge in [-0.1, -0.05) is 6.07 Å². The van der Waals surface area contributed by atoms with E-state index in [9.17, 15) is 9.18 Å². The second kappa shape index (κ2) is 4.83. The number of fused-ring (bicyclic) bond motifs is 2. The molecule has 1 saturated heterocycles. The van der Waals surface area contributed by atoms with E-state index in [1.807, 2.05) is 24.3 Å². The first-order valence-electron chi connectivity index (χ1n) is 7.19. The van der Waals surface area contributed by atoms with Gasteiger partial charge in [-0.2, -0.15) is 0 Å². The van der Waals surface area contributed by atoms with Crippen LogP contribution in [0.4, 0.5) is 4.39 Å². The lowest BCUT2D eigenvalue weighted by Gasteiger charge is -2.15. The van der Waals surface area contributed by atoms with Crippen LogP contribution in [0.25, 0.3) is 10.8 Å². The van der Waals surface area contributed by atoms with Gasteiger partial charge in [0.15, 0.2) is 0 Å². The van der Waals surface area contributed by atoms with E-state index in [1.54, 1.807) is 13.3 Å². The van der Waals surface area contributed by atoms with Crippen molar-refractivity contribution in [2.24, 2.45) is 11.8 Å². The summed E-state index contributed by atoms with van der Waals surface area (Å²) in [7, 11) is 1.60. The zero-order chi connectivity index (χ0) is 15.3. The van der Waals surface area contributed by atoms with Gasteiger partial charge in [-0.15, -0.1) is 0 Å². The van der Waals surface area contributed by atoms with E-state index in [0.29, 0.717) is 11.6 Å². The van der Waals surface area contributed by atoms with Gasteiger partial charge >= 0.3 is 0 Å². The monoisotopic (exact) mass is 302 g/mol. The van der Waals surface area contributed by atoms with E-state index in [-0.39, 0.29) is 24.5 Å². The minimum Gasteiger partial charge on any atom is -0.497 e. The number of ether oxygens (including phenoxy) is 2. The van der Waals surface area contributed by atoms with Crippen molar-refractivity contribution in [3.8, 4) is 11.6 Å². The van der Waals surface area contributed by atoms with Crippen molar-refractivity contribution in [3.05, 3.63) is 30.5 Å². The number of nitrogens with zero attached hydrogens (tertiary/aromatic N) is 1. The van der Waals surface area contributed by atoms with Crippen LogP contribution >= 0.6 is 0 Å². The highest BCUT2D eigenvalue weighted by Gasteiger charge is 2.64. The summed E-state index contributed by atoms with van der Waals surface area (Å²) < 4.78 is 24.4. The number of carbonyl (C=O) groups excluding carboxylic acids is 1. The fraction of sp³-hybridized carbons (Fsp3) is 0.375. The smallest absolute Gasteiger partial charge is 0.226 e. The van der Waals surface area contributed by atoms with Crippen molar-refractivity contribution in [1.82, 2.24) is 10.3 Å². The highest BCUT2D eigenvalue weighted by atomic mass is 19.1. The number of alkyl halides is 1. The predicted octanol–water partition coefficient (Wildman–Crippen LogP) is 1.70. The average molecular weight is 302 g/mol. The Labute approximate surface area is 126 Å². The van der Waals surface area contributed by atoms with Gasteiger partial charge in [-0.3, -0.25) is 4.79 Å². The number of nitrogens with one attached hydrogen (secondary N) is 1. The molecular formula is C16H15FN2O3. The molecule has 22 heavy (non-hydrogen) atoms. The Morgan fingerprint density at radius 1 is 1.36 bits per heavy atom. The number of hydrogen-bond donors (Lipinski definition) is 1. The molecule has 1 aliphatic carbocycles. The minimum absolute atomic E-state index is 0.210.